The van der Waals surface area contributed by atoms with Crippen LogP contribution in [0.25, 0.3) is 0 Å². The molecular formula is C12H14ClN3O. The van der Waals surface area contributed by atoms with Crippen molar-refractivity contribution in [2.24, 2.45) is 0 Å². The molecule has 2 N–H and O–H groups in total. The summed E-state index contributed by atoms with van der Waals surface area (Å²) >= 11 is 5.77. The highest BCUT2D eigenvalue weighted by Crippen LogP contribution is 2.19. The normalized spacial score (nSPS) is 9.47. The van der Waals surface area contributed by atoms with Crippen molar-refractivity contribution in [2.45, 2.75) is 13.3 Å². The van der Waals surface area contributed by atoms with Crippen LogP contribution in [0.5, 0.6) is 0 Å². The molecule has 1 aromatic carbocycles. The number of hydrogen-bond donors (Lipinski definition) is 2. The molecule has 0 aliphatic rings. The Kier molecular flexibility index (Phi) is 5.31. The van der Waals surface area contributed by atoms with Crippen LogP contribution in [0, 0.1) is 11.3 Å². The Labute approximate surface area is 106 Å². The molecule has 0 saturated heterocycles. The Morgan fingerprint density at radius 2 is 2.29 bits per heavy atom. The van der Waals surface area contributed by atoms with E-state index in [9.17, 15) is 4.79 Å². The van der Waals surface area contributed by atoms with Gasteiger partial charge in [0.25, 0.3) is 0 Å². The molecule has 5 heteroatoms. The largest absolute Gasteiger partial charge is 0.375 e. The summed E-state index contributed by atoms with van der Waals surface area (Å²) in [6.07, 6.45) is 0.899. The average Bonchev–Trinajstić information content (AvgIpc) is 2.34. The predicted molar refractivity (Wildman–Crippen MR) is 68.0 cm³/mol. The number of hydrogen-bond acceptors (Lipinski definition) is 3. The zero-order valence-corrected chi connectivity index (χ0v) is 10.3. The second kappa shape index (κ2) is 6.77. The smallest absolute Gasteiger partial charge is 0.239 e. The fraction of sp³-hybridized carbons (Fsp3) is 0.333. The average molecular weight is 252 g/mol. The molecule has 17 heavy (non-hydrogen) atoms. The summed E-state index contributed by atoms with van der Waals surface area (Å²) in [5, 5.41) is 15.1. The number of benzene rings is 1. The van der Waals surface area contributed by atoms with Gasteiger partial charge >= 0.3 is 0 Å². The number of anilines is 1. The van der Waals surface area contributed by atoms with E-state index >= 15 is 0 Å². The van der Waals surface area contributed by atoms with E-state index in [0.29, 0.717) is 22.8 Å². The van der Waals surface area contributed by atoms with Crippen LogP contribution in [-0.2, 0) is 4.79 Å². The third-order valence-electron chi connectivity index (χ3n) is 2.11. The first kappa shape index (κ1) is 13.3. The molecule has 4 nitrogen and oxygen atoms in total. The van der Waals surface area contributed by atoms with E-state index in [2.05, 4.69) is 10.6 Å². The van der Waals surface area contributed by atoms with Gasteiger partial charge in [0.15, 0.2) is 0 Å². The number of nitrogens with one attached hydrogen (secondary N) is 2. The topological polar surface area (TPSA) is 64.9 Å². The van der Waals surface area contributed by atoms with Gasteiger partial charge in [-0.15, -0.1) is 0 Å². The van der Waals surface area contributed by atoms with Crippen molar-refractivity contribution in [3.8, 4) is 6.07 Å². The van der Waals surface area contributed by atoms with E-state index in [1.54, 1.807) is 18.2 Å². The van der Waals surface area contributed by atoms with E-state index in [4.69, 9.17) is 16.9 Å². The molecule has 0 spiro atoms. The van der Waals surface area contributed by atoms with Gasteiger partial charge in [-0.05, 0) is 24.6 Å². The lowest BCUT2D eigenvalue weighted by Gasteiger charge is -2.08. The maximum Gasteiger partial charge on any atom is 0.239 e. The summed E-state index contributed by atoms with van der Waals surface area (Å²) in [6.45, 7) is 2.79. The summed E-state index contributed by atoms with van der Waals surface area (Å²) in [6, 6.07) is 6.95. The van der Waals surface area contributed by atoms with Crippen LogP contribution in [-0.4, -0.2) is 19.0 Å². The lowest BCUT2D eigenvalue weighted by Crippen LogP contribution is -2.30. The standard InChI is InChI=1S/C12H14ClN3O/c1-2-5-15-12(17)8-16-11-4-3-10(13)6-9(11)7-14/h3-4,6,16H,2,5,8H2,1H3,(H,15,17). The molecule has 0 aliphatic heterocycles. The minimum Gasteiger partial charge on any atom is -0.375 e. The van der Waals surface area contributed by atoms with Gasteiger partial charge < -0.3 is 10.6 Å². The molecule has 0 atom stereocenters. The fourth-order valence-corrected chi connectivity index (χ4v) is 1.44. The van der Waals surface area contributed by atoms with Gasteiger partial charge in [-0.3, -0.25) is 4.79 Å². The Balaban J connectivity index is 2.58. The van der Waals surface area contributed by atoms with Gasteiger partial charge in [-0.2, -0.15) is 5.26 Å². The highest BCUT2D eigenvalue weighted by Gasteiger charge is 2.04. The van der Waals surface area contributed by atoms with Crippen LogP contribution in [0.3, 0.4) is 0 Å². The van der Waals surface area contributed by atoms with Gasteiger partial charge in [0.05, 0.1) is 17.8 Å². The quantitative estimate of drug-likeness (QED) is 0.843. The van der Waals surface area contributed by atoms with Crippen molar-refractivity contribution in [2.75, 3.05) is 18.4 Å². The molecule has 0 heterocycles. The summed E-state index contributed by atoms with van der Waals surface area (Å²) in [7, 11) is 0. The van der Waals surface area contributed by atoms with E-state index in [0.717, 1.165) is 6.42 Å². The number of amides is 1. The number of carbonyl (C=O) groups excluding carboxylic acids is 1. The molecule has 0 bridgehead atoms. The van der Waals surface area contributed by atoms with Gasteiger partial charge in [-0.25, -0.2) is 0 Å². The number of carbonyl (C=O) groups is 1. The molecule has 0 radical (unpaired) electrons. The molecule has 0 aromatic heterocycles. The lowest BCUT2D eigenvalue weighted by atomic mass is 10.2. The molecule has 0 unspecified atom stereocenters. The fourth-order valence-electron chi connectivity index (χ4n) is 1.27. The van der Waals surface area contributed by atoms with E-state index in [1.807, 2.05) is 13.0 Å². The predicted octanol–water partition coefficient (Wildman–Crippen LogP) is 2.15. The van der Waals surface area contributed by atoms with Crippen molar-refractivity contribution in [1.29, 1.82) is 5.26 Å². The second-order valence-corrected chi connectivity index (χ2v) is 3.94. The SMILES string of the molecule is CCCNC(=O)CNc1ccc(Cl)cc1C#N. The zero-order valence-electron chi connectivity index (χ0n) is 9.59. The Morgan fingerprint density at radius 1 is 1.53 bits per heavy atom. The van der Waals surface area contributed by atoms with Crippen molar-refractivity contribution in [3.63, 3.8) is 0 Å². The third-order valence-corrected chi connectivity index (χ3v) is 2.35. The van der Waals surface area contributed by atoms with Crippen LogP contribution < -0.4 is 10.6 Å². The van der Waals surface area contributed by atoms with Gasteiger partial charge in [0.1, 0.15) is 6.07 Å². The van der Waals surface area contributed by atoms with Crippen LogP contribution >= 0.6 is 11.6 Å². The molecule has 1 aromatic rings. The van der Waals surface area contributed by atoms with Crippen molar-refractivity contribution in [1.82, 2.24) is 5.32 Å². The lowest BCUT2D eigenvalue weighted by molar-refractivity contribution is -0.119. The molecule has 0 fully saturated rings. The van der Waals surface area contributed by atoms with Crippen LogP contribution in [0.2, 0.25) is 5.02 Å². The molecule has 1 amide bonds. The molecule has 90 valence electrons. The second-order valence-electron chi connectivity index (χ2n) is 3.51. The van der Waals surface area contributed by atoms with Crippen LogP contribution in [0.15, 0.2) is 18.2 Å². The highest BCUT2D eigenvalue weighted by atomic mass is 35.5. The monoisotopic (exact) mass is 251 g/mol. The molecular weight excluding hydrogens is 238 g/mol. The highest BCUT2D eigenvalue weighted by molar-refractivity contribution is 6.30. The molecule has 1 rings (SSSR count). The van der Waals surface area contributed by atoms with Crippen molar-refractivity contribution in [3.05, 3.63) is 28.8 Å². The summed E-state index contributed by atoms with van der Waals surface area (Å²) in [5.74, 6) is -0.0920. The summed E-state index contributed by atoms with van der Waals surface area (Å²) in [5.41, 5.74) is 1.05. The Morgan fingerprint density at radius 3 is 2.94 bits per heavy atom. The molecule has 0 saturated carbocycles. The van der Waals surface area contributed by atoms with Gasteiger partial charge in [0, 0.05) is 11.6 Å². The number of nitriles is 1. The number of nitrogens with zero attached hydrogens (tertiary/aromatic N) is 1. The van der Waals surface area contributed by atoms with E-state index in [-0.39, 0.29) is 12.5 Å². The van der Waals surface area contributed by atoms with Crippen LogP contribution in [0.1, 0.15) is 18.9 Å². The van der Waals surface area contributed by atoms with Gasteiger partial charge in [-0.1, -0.05) is 18.5 Å². The third kappa shape index (κ3) is 4.33. The zero-order chi connectivity index (χ0) is 12.7. The minimum atomic E-state index is -0.0920. The Bertz CT molecular complexity index is 440. The first-order valence-electron chi connectivity index (χ1n) is 5.37. The molecule has 0 aliphatic carbocycles. The number of halogens is 1. The first-order chi connectivity index (χ1) is 8.17. The van der Waals surface area contributed by atoms with E-state index < -0.39 is 0 Å². The Hall–Kier alpha value is -1.73. The minimum absolute atomic E-state index is 0.0920. The summed E-state index contributed by atoms with van der Waals surface area (Å²) < 4.78 is 0. The summed E-state index contributed by atoms with van der Waals surface area (Å²) in [4.78, 5) is 11.4. The number of rotatable bonds is 5. The van der Waals surface area contributed by atoms with Crippen LogP contribution in [0.4, 0.5) is 5.69 Å². The van der Waals surface area contributed by atoms with Crippen molar-refractivity contribution < 1.29 is 4.79 Å². The maximum absolute atomic E-state index is 11.4. The van der Waals surface area contributed by atoms with E-state index in [1.165, 1.54) is 0 Å². The van der Waals surface area contributed by atoms with Crippen molar-refractivity contribution >= 4 is 23.2 Å². The first-order valence-corrected chi connectivity index (χ1v) is 5.75. The van der Waals surface area contributed by atoms with Gasteiger partial charge in [0.2, 0.25) is 5.91 Å². The maximum atomic E-state index is 11.4.